The van der Waals surface area contributed by atoms with E-state index in [1.807, 2.05) is 17.0 Å². The molecule has 1 amide bonds. The molecule has 1 aliphatic rings. The highest BCUT2D eigenvalue weighted by Gasteiger charge is 2.25. The van der Waals surface area contributed by atoms with E-state index >= 15 is 0 Å². The first-order valence-corrected chi connectivity index (χ1v) is 8.32. The van der Waals surface area contributed by atoms with Gasteiger partial charge in [0.05, 0.1) is 4.88 Å². The van der Waals surface area contributed by atoms with Crippen molar-refractivity contribution < 1.29 is 9.18 Å². The summed E-state index contributed by atoms with van der Waals surface area (Å²) in [6, 6.07) is 11.3. The van der Waals surface area contributed by atoms with Crippen LogP contribution in [0.25, 0.3) is 0 Å². The van der Waals surface area contributed by atoms with Crippen LogP contribution in [0.1, 0.15) is 39.6 Å². The number of benzene rings is 1. The summed E-state index contributed by atoms with van der Waals surface area (Å²) < 4.78 is 13.0. The van der Waals surface area contributed by atoms with Gasteiger partial charge in [0.25, 0.3) is 5.91 Å². The number of thiophene rings is 1. The van der Waals surface area contributed by atoms with E-state index in [0.717, 1.165) is 42.8 Å². The van der Waals surface area contributed by atoms with Crippen molar-refractivity contribution >= 4 is 17.2 Å². The smallest absolute Gasteiger partial charge is 0.264 e. The minimum atomic E-state index is -0.308. The zero-order valence-electron chi connectivity index (χ0n) is 12.3. The Kier molecular flexibility index (Phi) is 4.55. The molecule has 1 saturated heterocycles. The summed E-state index contributed by atoms with van der Waals surface area (Å²) in [6.07, 6.45) is 1.88. The molecule has 1 aliphatic heterocycles. The highest BCUT2D eigenvalue weighted by molar-refractivity contribution is 7.12. The average Bonchev–Trinajstić information content (AvgIpc) is 3.01. The third-order valence-corrected chi connectivity index (χ3v) is 5.09. The lowest BCUT2D eigenvalue weighted by Gasteiger charge is -2.32. The Bertz CT molecular complexity index is 662. The Balaban J connectivity index is 1.63. The zero-order chi connectivity index (χ0) is 15.5. The number of nitrogens with two attached hydrogens (primary N) is 1. The molecule has 116 valence electrons. The van der Waals surface area contributed by atoms with Gasteiger partial charge in [0.1, 0.15) is 0 Å². The Morgan fingerprint density at radius 3 is 2.68 bits per heavy atom. The van der Waals surface area contributed by atoms with Crippen molar-refractivity contribution in [2.75, 3.05) is 13.1 Å². The molecule has 0 atom stereocenters. The van der Waals surface area contributed by atoms with E-state index in [2.05, 4.69) is 12.1 Å². The van der Waals surface area contributed by atoms with Crippen LogP contribution in [0, 0.1) is 5.13 Å². The lowest BCUT2D eigenvalue weighted by molar-refractivity contribution is 0.0718. The molecular weight excluding hydrogens is 299 g/mol. The molecule has 1 fully saturated rings. The second-order valence-corrected chi connectivity index (χ2v) is 6.65. The van der Waals surface area contributed by atoms with E-state index in [4.69, 9.17) is 5.73 Å². The Morgan fingerprint density at radius 2 is 2.05 bits per heavy atom. The molecule has 22 heavy (non-hydrogen) atoms. The Labute approximate surface area is 133 Å². The molecular formula is C17H19FN2OS. The molecule has 1 aromatic heterocycles. The first-order chi connectivity index (χ1) is 10.7. The second kappa shape index (κ2) is 6.58. The number of carbonyl (C=O) groups excluding carboxylic acids is 1. The fourth-order valence-electron chi connectivity index (χ4n) is 2.98. The maximum absolute atomic E-state index is 13.0. The summed E-state index contributed by atoms with van der Waals surface area (Å²) in [5.41, 5.74) is 8.14. The van der Waals surface area contributed by atoms with Gasteiger partial charge in [0.2, 0.25) is 0 Å². The monoisotopic (exact) mass is 318 g/mol. The quantitative estimate of drug-likeness (QED) is 0.943. The second-order valence-electron chi connectivity index (χ2n) is 5.62. The largest absolute Gasteiger partial charge is 0.338 e. The number of piperidine rings is 1. The first-order valence-electron chi connectivity index (χ1n) is 7.51. The van der Waals surface area contributed by atoms with Crippen LogP contribution in [0.4, 0.5) is 4.39 Å². The Morgan fingerprint density at radius 1 is 1.27 bits per heavy atom. The number of halogens is 1. The van der Waals surface area contributed by atoms with Crippen LogP contribution in [-0.2, 0) is 6.54 Å². The minimum absolute atomic E-state index is 0.0527. The summed E-state index contributed by atoms with van der Waals surface area (Å²) in [6.45, 7) is 1.99. The molecule has 3 rings (SSSR count). The van der Waals surface area contributed by atoms with E-state index in [9.17, 15) is 9.18 Å². The van der Waals surface area contributed by atoms with Gasteiger partial charge in [-0.25, -0.2) is 0 Å². The number of hydrogen-bond donors (Lipinski definition) is 1. The predicted octanol–water partition coefficient (Wildman–Crippen LogP) is 3.37. The molecule has 2 N–H and O–H groups in total. The van der Waals surface area contributed by atoms with Crippen molar-refractivity contribution in [1.82, 2.24) is 4.90 Å². The van der Waals surface area contributed by atoms with Gasteiger partial charge in [-0.1, -0.05) is 24.3 Å². The highest BCUT2D eigenvalue weighted by atomic mass is 32.1. The standard InChI is InChI=1S/C17H19FN2OS/c18-16-5-4-15(22-16)17(21)20-8-6-13(7-9-20)14-3-1-2-12(10-14)11-19/h1-5,10,13H,6-9,11,19H2. The van der Waals surface area contributed by atoms with E-state index < -0.39 is 0 Å². The van der Waals surface area contributed by atoms with Crippen LogP contribution in [0.15, 0.2) is 36.4 Å². The molecule has 2 heterocycles. The molecule has 0 bridgehead atoms. The van der Waals surface area contributed by atoms with Gasteiger partial charge in [-0.05, 0) is 42.0 Å². The van der Waals surface area contributed by atoms with Crippen LogP contribution >= 0.6 is 11.3 Å². The van der Waals surface area contributed by atoms with Gasteiger partial charge in [-0.15, -0.1) is 11.3 Å². The summed E-state index contributed by atoms with van der Waals surface area (Å²) in [4.78, 5) is 14.6. The van der Waals surface area contributed by atoms with Gasteiger partial charge in [-0.3, -0.25) is 4.79 Å². The SMILES string of the molecule is NCc1cccc(C2CCN(C(=O)c3ccc(F)s3)CC2)c1. The van der Waals surface area contributed by atoms with Crippen molar-refractivity contribution in [1.29, 1.82) is 0 Å². The summed E-state index contributed by atoms with van der Waals surface area (Å²) in [5, 5.41) is -0.308. The van der Waals surface area contributed by atoms with Gasteiger partial charge in [0, 0.05) is 19.6 Å². The third kappa shape index (κ3) is 3.20. The maximum atomic E-state index is 13.0. The fraction of sp³-hybridized carbons (Fsp3) is 0.353. The van der Waals surface area contributed by atoms with Gasteiger partial charge in [0.15, 0.2) is 5.13 Å². The van der Waals surface area contributed by atoms with Crippen LogP contribution < -0.4 is 5.73 Å². The number of amides is 1. The zero-order valence-corrected chi connectivity index (χ0v) is 13.1. The van der Waals surface area contributed by atoms with Crippen LogP contribution in [0.3, 0.4) is 0 Å². The number of carbonyl (C=O) groups is 1. The maximum Gasteiger partial charge on any atom is 0.264 e. The Hall–Kier alpha value is -1.72. The fourth-order valence-corrected chi connectivity index (χ4v) is 3.67. The van der Waals surface area contributed by atoms with Crippen molar-refractivity contribution in [3.8, 4) is 0 Å². The van der Waals surface area contributed by atoms with Crippen LogP contribution in [0.2, 0.25) is 0 Å². The van der Waals surface area contributed by atoms with Crippen molar-refractivity contribution in [2.45, 2.75) is 25.3 Å². The number of likely N-dealkylation sites (tertiary alicyclic amines) is 1. The molecule has 0 unspecified atom stereocenters. The van der Waals surface area contributed by atoms with Crippen LogP contribution in [0.5, 0.6) is 0 Å². The van der Waals surface area contributed by atoms with Gasteiger partial charge in [-0.2, -0.15) is 4.39 Å². The first kappa shape index (κ1) is 15.2. The highest BCUT2D eigenvalue weighted by Crippen LogP contribution is 2.29. The average molecular weight is 318 g/mol. The molecule has 0 aliphatic carbocycles. The van der Waals surface area contributed by atoms with Crippen molar-refractivity contribution in [2.24, 2.45) is 5.73 Å². The summed E-state index contributed by atoms with van der Waals surface area (Å²) in [7, 11) is 0. The molecule has 0 radical (unpaired) electrons. The van der Waals surface area contributed by atoms with Crippen LogP contribution in [-0.4, -0.2) is 23.9 Å². The molecule has 3 nitrogen and oxygen atoms in total. The summed E-state index contributed by atoms with van der Waals surface area (Å²) in [5.74, 6) is 0.415. The van der Waals surface area contributed by atoms with Crippen molar-refractivity contribution in [3.63, 3.8) is 0 Å². The molecule has 5 heteroatoms. The number of hydrogen-bond acceptors (Lipinski definition) is 3. The lowest BCUT2D eigenvalue weighted by atomic mass is 9.88. The van der Waals surface area contributed by atoms with E-state index in [-0.39, 0.29) is 11.0 Å². The lowest BCUT2D eigenvalue weighted by Crippen LogP contribution is -2.37. The number of nitrogens with zero attached hydrogens (tertiary/aromatic N) is 1. The summed E-state index contributed by atoms with van der Waals surface area (Å²) >= 11 is 0.920. The molecule has 1 aromatic carbocycles. The van der Waals surface area contributed by atoms with Gasteiger partial charge < -0.3 is 10.6 Å². The minimum Gasteiger partial charge on any atom is -0.338 e. The molecule has 0 saturated carbocycles. The van der Waals surface area contributed by atoms with E-state index in [1.54, 1.807) is 6.07 Å². The van der Waals surface area contributed by atoms with Gasteiger partial charge >= 0.3 is 0 Å². The third-order valence-electron chi connectivity index (χ3n) is 4.22. The van der Waals surface area contributed by atoms with Crippen molar-refractivity contribution in [3.05, 3.63) is 57.5 Å². The number of rotatable bonds is 3. The molecule has 2 aromatic rings. The normalized spacial score (nSPS) is 16.0. The van der Waals surface area contributed by atoms with E-state index in [1.165, 1.54) is 11.6 Å². The topological polar surface area (TPSA) is 46.3 Å². The van der Waals surface area contributed by atoms with E-state index in [0.29, 0.717) is 17.3 Å². The molecule has 0 spiro atoms. The predicted molar refractivity (Wildman–Crippen MR) is 86.5 cm³/mol.